The summed E-state index contributed by atoms with van der Waals surface area (Å²) >= 11 is 5.99. The SMILES string of the molecule is Cc1nnc(-c2ccc(C)c(-c3ccc(C(=O)NCc4cccc(Cl)c4)cc3)c2)o1. The van der Waals surface area contributed by atoms with Crippen LogP contribution in [0.25, 0.3) is 22.6 Å². The number of aromatic nitrogens is 2. The van der Waals surface area contributed by atoms with Crippen LogP contribution < -0.4 is 5.32 Å². The van der Waals surface area contributed by atoms with Gasteiger partial charge in [-0.25, -0.2) is 0 Å². The van der Waals surface area contributed by atoms with E-state index in [1.54, 1.807) is 6.92 Å². The topological polar surface area (TPSA) is 68.0 Å². The summed E-state index contributed by atoms with van der Waals surface area (Å²) in [6.07, 6.45) is 0. The van der Waals surface area contributed by atoms with E-state index in [9.17, 15) is 4.79 Å². The summed E-state index contributed by atoms with van der Waals surface area (Å²) in [5.74, 6) is 0.888. The van der Waals surface area contributed by atoms with Gasteiger partial charge in [0.1, 0.15) is 0 Å². The van der Waals surface area contributed by atoms with E-state index in [0.717, 1.165) is 27.8 Å². The first-order chi connectivity index (χ1) is 14.5. The fourth-order valence-electron chi connectivity index (χ4n) is 3.21. The van der Waals surface area contributed by atoms with Crippen molar-refractivity contribution in [3.63, 3.8) is 0 Å². The molecular weight excluding hydrogens is 398 g/mol. The molecule has 4 rings (SSSR count). The third-order valence-corrected chi connectivity index (χ3v) is 5.05. The Labute approximate surface area is 179 Å². The molecular formula is C24H20ClN3O2. The Bertz CT molecular complexity index is 1200. The second-order valence-corrected chi connectivity index (χ2v) is 7.48. The van der Waals surface area contributed by atoms with E-state index >= 15 is 0 Å². The molecule has 0 bridgehead atoms. The van der Waals surface area contributed by atoms with E-state index < -0.39 is 0 Å². The van der Waals surface area contributed by atoms with Crippen LogP contribution in [-0.2, 0) is 6.54 Å². The fraction of sp³-hybridized carbons (Fsp3) is 0.125. The van der Waals surface area contributed by atoms with E-state index in [0.29, 0.717) is 28.9 Å². The van der Waals surface area contributed by atoms with Gasteiger partial charge in [-0.2, -0.15) is 0 Å². The van der Waals surface area contributed by atoms with E-state index in [2.05, 4.69) is 15.5 Å². The molecule has 5 nitrogen and oxygen atoms in total. The summed E-state index contributed by atoms with van der Waals surface area (Å²) in [6.45, 7) is 4.23. The molecule has 1 aromatic heterocycles. The van der Waals surface area contributed by atoms with Crippen molar-refractivity contribution in [3.05, 3.63) is 94.3 Å². The van der Waals surface area contributed by atoms with Gasteiger partial charge in [0.2, 0.25) is 11.8 Å². The molecule has 0 aliphatic heterocycles. The Kier molecular flexibility index (Phi) is 5.63. The summed E-state index contributed by atoms with van der Waals surface area (Å²) in [4.78, 5) is 12.5. The number of hydrogen-bond donors (Lipinski definition) is 1. The van der Waals surface area contributed by atoms with Crippen molar-refractivity contribution in [3.8, 4) is 22.6 Å². The summed E-state index contributed by atoms with van der Waals surface area (Å²) in [5, 5.41) is 11.6. The quantitative estimate of drug-likeness (QED) is 0.458. The maximum atomic E-state index is 12.5. The molecule has 1 N–H and O–H groups in total. The molecule has 0 atom stereocenters. The molecule has 0 saturated carbocycles. The average molecular weight is 418 g/mol. The molecule has 4 aromatic rings. The van der Waals surface area contributed by atoms with Crippen LogP contribution in [0.4, 0.5) is 0 Å². The molecule has 3 aromatic carbocycles. The lowest BCUT2D eigenvalue weighted by atomic mass is 9.97. The number of carbonyl (C=O) groups is 1. The molecule has 0 fully saturated rings. The van der Waals surface area contributed by atoms with Crippen molar-refractivity contribution in [2.75, 3.05) is 0 Å². The van der Waals surface area contributed by atoms with Crippen LogP contribution in [0.1, 0.15) is 27.4 Å². The molecule has 1 heterocycles. The number of carbonyl (C=O) groups excluding carboxylic acids is 1. The smallest absolute Gasteiger partial charge is 0.251 e. The number of nitrogens with one attached hydrogen (secondary N) is 1. The Hall–Kier alpha value is -3.44. The zero-order valence-electron chi connectivity index (χ0n) is 16.6. The largest absolute Gasteiger partial charge is 0.421 e. The molecule has 0 aliphatic rings. The molecule has 0 spiro atoms. The predicted molar refractivity (Wildman–Crippen MR) is 117 cm³/mol. The van der Waals surface area contributed by atoms with Crippen molar-refractivity contribution < 1.29 is 9.21 Å². The van der Waals surface area contributed by atoms with Gasteiger partial charge in [-0.15, -0.1) is 10.2 Å². The lowest BCUT2D eigenvalue weighted by Crippen LogP contribution is -2.22. The van der Waals surface area contributed by atoms with Crippen LogP contribution in [0.15, 0.2) is 71.1 Å². The van der Waals surface area contributed by atoms with Gasteiger partial charge >= 0.3 is 0 Å². The van der Waals surface area contributed by atoms with Gasteiger partial charge in [0.05, 0.1) is 0 Å². The van der Waals surface area contributed by atoms with Crippen molar-refractivity contribution >= 4 is 17.5 Å². The van der Waals surface area contributed by atoms with Gasteiger partial charge < -0.3 is 9.73 Å². The first kappa shape index (κ1) is 19.9. The molecule has 30 heavy (non-hydrogen) atoms. The van der Waals surface area contributed by atoms with Crippen molar-refractivity contribution in [1.82, 2.24) is 15.5 Å². The van der Waals surface area contributed by atoms with Crippen LogP contribution in [-0.4, -0.2) is 16.1 Å². The molecule has 1 amide bonds. The zero-order valence-corrected chi connectivity index (χ0v) is 17.4. The number of rotatable bonds is 5. The highest BCUT2D eigenvalue weighted by Gasteiger charge is 2.11. The minimum Gasteiger partial charge on any atom is -0.421 e. The summed E-state index contributed by atoms with van der Waals surface area (Å²) < 4.78 is 5.54. The average Bonchev–Trinajstić information content (AvgIpc) is 3.19. The Morgan fingerprint density at radius 3 is 2.43 bits per heavy atom. The highest BCUT2D eigenvalue weighted by atomic mass is 35.5. The Morgan fingerprint density at radius 1 is 0.967 bits per heavy atom. The van der Waals surface area contributed by atoms with Crippen LogP contribution in [0.2, 0.25) is 5.02 Å². The first-order valence-corrected chi connectivity index (χ1v) is 9.91. The van der Waals surface area contributed by atoms with Crippen molar-refractivity contribution in [2.24, 2.45) is 0 Å². The first-order valence-electron chi connectivity index (χ1n) is 9.54. The van der Waals surface area contributed by atoms with E-state index in [4.69, 9.17) is 16.0 Å². The Morgan fingerprint density at radius 2 is 1.73 bits per heavy atom. The second-order valence-electron chi connectivity index (χ2n) is 7.05. The van der Waals surface area contributed by atoms with E-state index in [1.807, 2.05) is 73.7 Å². The summed E-state index contributed by atoms with van der Waals surface area (Å²) in [7, 11) is 0. The predicted octanol–water partition coefficient (Wildman–Crippen LogP) is 5.60. The third-order valence-electron chi connectivity index (χ3n) is 4.81. The summed E-state index contributed by atoms with van der Waals surface area (Å²) in [5.41, 5.74) is 5.59. The van der Waals surface area contributed by atoms with Gasteiger partial charge in [0.15, 0.2) is 0 Å². The lowest BCUT2D eigenvalue weighted by Gasteiger charge is -2.10. The van der Waals surface area contributed by atoms with Crippen molar-refractivity contribution in [1.29, 1.82) is 0 Å². The molecule has 0 radical (unpaired) electrons. The number of aryl methyl sites for hydroxylation is 2. The second kappa shape index (κ2) is 8.51. The molecule has 0 saturated heterocycles. The van der Waals surface area contributed by atoms with Gasteiger partial charge in [-0.05, 0) is 65.6 Å². The number of benzene rings is 3. The molecule has 0 aliphatic carbocycles. The third kappa shape index (κ3) is 4.42. The molecule has 6 heteroatoms. The number of halogens is 1. The monoisotopic (exact) mass is 417 g/mol. The number of nitrogens with zero attached hydrogens (tertiary/aromatic N) is 2. The number of hydrogen-bond acceptors (Lipinski definition) is 4. The van der Waals surface area contributed by atoms with Crippen LogP contribution in [0.3, 0.4) is 0 Å². The molecule has 150 valence electrons. The standard InChI is InChI=1S/C24H20ClN3O2/c1-15-6-7-20(24-28-27-16(2)30-24)13-22(15)18-8-10-19(11-9-18)23(29)26-14-17-4-3-5-21(25)12-17/h3-13H,14H2,1-2H3,(H,26,29). The normalized spacial score (nSPS) is 10.8. The number of amides is 1. The van der Waals surface area contributed by atoms with E-state index in [1.165, 1.54) is 0 Å². The van der Waals surface area contributed by atoms with Gasteiger partial charge in [-0.3, -0.25) is 4.79 Å². The van der Waals surface area contributed by atoms with Crippen molar-refractivity contribution in [2.45, 2.75) is 20.4 Å². The lowest BCUT2D eigenvalue weighted by molar-refractivity contribution is 0.0951. The summed E-state index contributed by atoms with van der Waals surface area (Å²) in [6, 6.07) is 21.0. The highest BCUT2D eigenvalue weighted by molar-refractivity contribution is 6.30. The van der Waals surface area contributed by atoms with Crippen LogP contribution >= 0.6 is 11.6 Å². The van der Waals surface area contributed by atoms with Gasteiger partial charge in [0, 0.05) is 29.6 Å². The Balaban J connectivity index is 1.51. The van der Waals surface area contributed by atoms with Gasteiger partial charge in [0.25, 0.3) is 5.91 Å². The van der Waals surface area contributed by atoms with Crippen LogP contribution in [0.5, 0.6) is 0 Å². The van der Waals surface area contributed by atoms with E-state index in [-0.39, 0.29) is 5.91 Å². The van der Waals surface area contributed by atoms with Gasteiger partial charge in [-0.1, -0.05) is 41.9 Å². The highest BCUT2D eigenvalue weighted by Crippen LogP contribution is 2.29. The fourth-order valence-corrected chi connectivity index (χ4v) is 3.42. The zero-order chi connectivity index (χ0) is 21.1. The minimum absolute atomic E-state index is 0.131. The minimum atomic E-state index is -0.131. The maximum Gasteiger partial charge on any atom is 0.251 e. The maximum absolute atomic E-state index is 12.5. The van der Waals surface area contributed by atoms with Crippen LogP contribution in [0, 0.1) is 13.8 Å². The molecule has 0 unspecified atom stereocenters.